The molecule has 0 saturated carbocycles. The Morgan fingerprint density at radius 2 is 0.487 bits per heavy atom. The van der Waals surface area contributed by atoms with Crippen molar-refractivity contribution >= 4 is 92.0 Å². The number of rotatable bonds is 11. The average molecular weight is 1480 g/mol. The van der Waals surface area contributed by atoms with E-state index < -0.39 is 14.2 Å². The number of benzene rings is 13. The van der Waals surface area contributed by atoms with Gasteiger partial charge in [-0.1, -0.05) is 279 Å². The summed E-state index contributed by atoms with van der Waals surface area (Å²) < 4.78 is 37.3. The normalized spacial score (nSPS) is 16.3. The Labute approximate surface area is 662 Å². The van der Waals surface area contributed by atoms with E-state index in [4.69, 9.17) is 57.8 Å². The Kier molecular flexibility index (Phi) is 19.3. The summed E-state index contributed by atoms with van der Waals surface area (Å²) in [7, 11) is -1.15. The van der Waals surface area contributed by atoms with Crippen LogP contribution in [0, 0.1) is 0 Å². The number of fused-ring (bicyclic) bond motifs is 6. The van der Waals surface area contributed by atoms with Gasteiger partial charge in [0, 0.05) is 49.5 Å². The maximum atomic E-state index is 6.25. The van der Waals surface area contributed by atoms with E-state index >= 15 is 0 Å². The van der Waals surface area contributed by atoms with Crippen molar-refractivity contribution < 1.29 is 27.9 Å². The molecule has 15 heteroatoms. The van der Waals surface area contributed by atoms with Crippen molar-refractivity contribution in [1.82, 2.24) is 29.9 Å². The highest BCUT2D eigenvalue weighted by Gasteiger charge is 2.54. The summed E-state index contributed by atoms with van der Waals surface area (Å²) in [5.41, 5.74) is 17.1. The third kappa shape index (κ3) is 14.5. The monoisotopic (exact) mass is 1480 g/mol. The molecule has 13 aromatic carbocycles. The number of para-hydroxylation sites is 3. The van der Waals surface area contributed by atoms with Crippen LogP contribution in [0.1, 0.15) is 83.1 Å². The Morgan fingerprint density at radius 1 is 0.204 bits per heavy atom. The maximum absolute atomic E-state index is 6.25. The van der Waals surface area contributed by atoms with Crippen molar-refractivity contribution in [3.8, 4) is 90.2 Å². The summed E-state index contributed by atoms with van der Waals surface area (Å²) >= 11 is 0. The van der Waals surface area contributed by atoms with Gasteiger partial charge in [0.15, 0.2) is 17.5 Å². The molecule has 12 nitrogen and oxygen atoms in total. The third-order valence-corrected chi connectivity index (χ3v) is 23.4. The molecule has 0 N–H and O–H groups in total. The highest BCUT2D eigenvalue weighted by Crippen LogP contribution is 2.43. The molecule has 0 amide bonds. The predicted octanol–water partition coefficient (Wildman–Crippen LogP) is 21.4. The molecule has 0 spiro atoms. The van der Waals surface area contributed by atoms with E-state index in [1.807, 2.05) is 78.9 Å². The second-order valence-corrected chi connectivity index (χ2v) is 32.5. The SMILES string of the molecule is CC1(C)OB(c2ccc(-c3ccc(-c4nc(-c5ccccc5)c5ccccc5n4)cc3)cc2)OC1(C)C.CC1(C)OB(c2ccc(-c3nc(-c4cc5ccccc5c5ccccc45)c4ccccc4n3)cc2)OC1(C)C.CC1(C)OB(c2ccc(-c3nc(-c4cccc(-c5ccccc5)c4)c4ccccc4n3)cc2)OC1(C)C. The molecular weight excluding hydrogens is 1390 g/mol. The Bertz CT molecular complexity index is 6180. The molecule has 19 rings (SSSR count). The summed E-state index contributed by atoms with van der Waals surface area (Å²) in [5.74, 6) is 2.11. The van der Waals surface area contributed by atoms with E-state index in [0.717, 1.165) is 122 Å². The second-order valence-electron chi connectivity index (χ2n) is 32.5. The standard InChI is InChI=1S/C34H29BN2O2.2C32H29BN2O2/c1-33(2)34(3,4)39-35(38-33)24-19-17-22(18-20-24)32-36-30-16-10-9-15-28(30)31(37-32)29-21-23-11-5-6-12-25(23)26-13-7-8-14-27(26)29;1-31(2)32(3,4)37-33(36-31)26-19-17-23(18-20-26)30-34-28-16-9-8-15-27(28)29(35-30)25-14-10-13-24(21-25)22-11-6-5-7-12-22;1-31(2)32(3,4)37-33(36-31)26-20-18-23(19-21-26)22-14-16-25(17-15-22)30-34-28-13-9-8-12-27(28)29(35-30)24-10-6-5-7-11-24/h5-21H,1-4H3;2*5-21H,1-4H3. The van der Waals surface area contributed by atoms with Crippen LogP contribution in [0.3, 0.4) is 0 Å². The number of nitrogens with zero attached hydrogens (tertiary/aromatic N) is 6. The van der Waals surface area contributed by atoms with Crippen molar-refractivity contribution in [1.29, 1.82) is 0 Å². The second kappa shape index (κ2) is 29.5. The molecule has 3 aliphatic rings. The molecule has 113 heavy (non-hydrogen) atoms. The summed E-state index contributed by atoms with van der Waals surface area (Å²) in [5, 5.41) is 7.97. The first kappa shape index (κ1) is 74.1. The van der Waals surface area contributed by atoms with Gasteiger partial charge in [-0.05, 0) is 174 Å². The minimum atomic E-state index is -0.402. The van der Waals surface area contributed by atoms with E-state index in [1.54, 1.807) is 0 Å². The van der Waals surface area contributed by atoms with E-state index in [0.29, 0.717) is 11.6 Å². The predicted molar refractivity (Wildman–Crippen MR) is 464 cm³/mol. The molecule has 6 heterocycles. The molecule has 0 aliphatic carbocycles. The van der Waals surface area contributed by atoms with E-state index in [-0.39, 0.29) is 40.7 Å². The van der Waals surface area contributed by atoms with Gasteiger partial charge in [-0.2, -0.15) is 0 Å². The van der Waals surface area contributed by atoms with Crippen LogP contribution in [-0.4, -0.2) is 84.9 Å². The molecule has 0 unspecified atom stereocenters. The van der Waals surface area contributed by atoms with E-state index in [1.165, 1.54) is 27.1 Å². The van der Waals surface area contributed by atoms with Crippen LogP contribution in [0.2, 0.25) is 0 Å². The van der Waals surface area contributed by atoms with Crippen LogP contribution < -0.4 is 16.4 Å². The lowest BCUT2D eigenvalue weighted by molar-refractivity contribution is 0.00578. The van der Waals surface area contributed by atoms with Gasteiger partial charge >= 0.3 is 21.4 Å². The van der Waals surface area contributed by atoms with Crippen LogP contribution in [0.5, 0.6) is 0 Å². The number of hydrogen-bond donors (Lipinski definition) is 0. The van der Waals surface area contributed by atoms with Gasteiger partial charge in [0.05, 0.1) is 67.2 Å². The van der Waals surface area contributed by atoms with Crippen LogP contribution in [0.25, 0.3) is 144 Å². The fourth-order valence-electron chi connectivity index (χ4n) is 14.7. The molecule has 0 bridgehead atoms. The smallest absolute Gasteiger partial charge is 0.399 e. The molecule has 0 atom stereocenters. The zero-order valence-electron chi connectivity index (χ0n) is 65.8. The molecule has 0 radical (unpaired) electrons. The van der Waals surface area contributed by atoms with Crippen molar-refractivity contribution in [2.45, 2.75) is 117 Å². The maximum Gasteiger partial charge on any atom is 0.494 e. The molecule has 3 fully saturated rings. The van der Waals surface area contributed by atoms with E-state index in [9.17, 15) is 0 Å². The first-order chi connectivity index (χ1) is 54.4. The molecule has 3 saturated heterocycles. The fraction of sp³-hybridized carbons (Fsp3) is 0.184. The van der Waals surface area contributed by atoms with Crippen LogP contribution in [-0.2, 0) is 27.9 Å². The van der Waals surface area contributed by atoms with Gasteiger partial charge in [-0.3, -0.25) is 0 Å². The van der Waals surface area contributed by atoms with Crippen molar-refractivity contribution in [2.75, 3.05) is 0 Å². The first-order valence-corrected chi connectivity index (χ1v) is 38.8. The average Bonchev–Trinajstić information content (AvgIpc) is 1.68. The Morgan fingerprint density at radius 3 is 0.912 bits per heavy atom. The zero-order chi connectivity index (χ0) is 78.0. The van der Waals surface area contributed by atoms with Crippen molar-refractivity contribution in [3.63, 3.8) is 0 Å². The molecular formula is C98H87B3N6O6. The Balaban J connectivity index is 0.000000123. The number of aromatic nitrogens is 6. The van der Waals surface area contributed by atoms with Gasteiger partial charge in [0.1, 0.15) is 0 Å². The lowest BCUT2D eigenvalue weighted by Gasteiger charge is -2.32. The van der Waals surface area contributed by atoms with Gasteiger partial charge in [-0.15, -0.1) is 0 Å². The van der Waals surface area contributed by atoms with Crippen LogP contribution in [0.15, 0.2) is 309 Å². The summed E-state index contributed by atoms with van der Waals surface area (Å²) in [4.78, 5) is 30.0. The first-order valence-electron chi connectivity index (χ1n) is 38.8. The van der Waals surface area contributed by atoms with Gasteiger partial charge < -0.3 is 27.9 Å². The molecule has 3 aromatic heterocycles. The zero-order valence-corrected chi connectivity index (χ0v) is 65.8. The lowest BCUT2D eigenvalue weighted by atomic mass is 9.78. The fourth-order valence-corrected chi connectivity index (χ4v) is 14.7. The highest BCUT2D eigenvalue weighted by atomic mass is 16.7. The minimum absolute atomic E-state index is 0.350. The molecule has 16 aromatic rings. The van der Waals surface area contributed by atoms with Gasteiger partial charge in [0.25, 0.3) is 0 Å². The van der Waals surface area contributed by atoms with Crippen LogP contribution >= 0.6 is 0 Å². The summed E-state index contributed by atoms with van der Waals surface area (Å²) in [6.45, 7) is 24.9. The molecule has 3 aliphatic heterocycles. The Hall–Kier alpha value is -11.6. The summed E-state index contributed by atoms with van der Waals surface area (Å²) in [6, 6.07) is 107. The largest absolute Gasteiger partial charge is 0.494 e. The summed E-state index contributed by atoms with van der Waals surface area (Å²) in [6.07, 6.45) is 0. The van der Waals surface area contributed by atoms with E-state index in [2.05, 4.69) is 314 Å². The molecule has 554 valence electrons. The van der Waals surface area contributed by atoms with Gasteiger partial charge in [-0.25, -0.2) is 29.9 Å². The number of hydrogen-bond acceptors (Lipinski definition) is 12. The van der Waals surface area contributed by atoms with Crippen molar-refractivity contribution in [2.24, 2.45) is 0 Å². The van der Waals surface area contributed by atoms with Crippen molar-refractivity contribution in [3.05, 3.63) is 309 Å². The van der Waals surface area contributed by atoms with Crippen LogP contribution in [0.4, 0.5) is 0 Å². The highest BCUT2D eigenvalue weighted by molar-refractivity contribution is 6.63. The van der Waals surface area contributed by atoms with Gasteiger partial charge in [0.2, 0.25) is 0 Å². The third-order valence-electron chi connectivity index (χ3n) is 23.4. The quantitative estimate of drug-likeness (QED) is 0.0902. The topological polar surface area (TPSA) is 133 Å². The lowest BCUT2D eigenvalue weighted by Crippen LogP contribution is -2.41. The minimum Gasteiger partial charge on any atom is -0.399 e.